The highest BCUT2D eigenvalue weighted by atomic mass is 16.7. The zero-order valence-electron chi connectivity index (χ0n) is 11.7. The lowest BCUT2D eigenvalue weighted by Gasteiger charge is -2.01. The van der Waals surface area contributed by atoms with Crippen LogP contribution in [0.25, 0.3) is 5.57 Å². The Kier molecular flexibility index (Phi) is 3.48. The summed E-state index contributed by atoms with van der Waals surface area (Å²) in [5.41, 5.74) is 1.30. The van der Waals surface area contributed by atoms with E-state index in [0.29, 0.717) is 30.7 Å². The topological polar surface area (TPSA) is 61.6 Å². The van der Waals surface area contributed by atoms with Gasteiger partial charge in [0.25, 0.3) is 0 Å². The summed E-state index contributed by atoms with van der Waals surface area (Å²) in [4.78, 5) is 17.1. The lowest BCUT2D eigenvalue weighted by Crippen LogP contribution is -2.22. The predicted octanol–water partition coefficient (Wildman–Crippen LogP) is 1.35. The Morgan fingerprint density at radius 1 is 1.29 bits per heavy atom. The van der Waals surface area contributed by atoms with Gasteiger partial charge in [-0.05, 0) is 12.5 Å². The number of carbonyl (C=O) groups is 1. The van der Waals surface area contributed by atoms with Crippen LogP contribution in [0, 0.1) is 0 Å². The predicted molar refractivity (Wildman–Crippen MR) is 73.7 cm³/mol. The molecule has 0 bridgehead atoms. The first-order valence-corrected chi connectivity index (χ1v) is 6.89. The molecule has 5 heteroatoms. The molecular weight excluding hydrogens is 270 g/mol. The van der Waals surface area contributed by atoms with Gasteiger partial charge in [0.1, 0.15) is 11.3 Å². The van der Waals surface area contributed by atoms with Crippen LogP contribution in [0.1, 0.15) is 25.3 Å². The molecule has 1 aromatic carbocycles. The monoisotopic (exact) mass is 285 g/mol. The molecular formula is C16H15NO4. The summed E-state index contributed by atoms with van der Waals surface area (Å²) < 4.78 is 6.50. The summed E-state index contributed by atoms with van der Waals surface area (Å²) in [6.45, 7) is 2.48. The molecule has 1 aliphatic carbocycles. The molecule has 3 rings (SSSR count). The van der Waals surface area contributed by atoms with Crippen molar-refractivity contribution in [3.63, 3.8) is 0 Å². The van der Waals surface area contributed by atoms with Gasteiger partial charge < -0.3 is 9.84 Å². The maximum absolute atomic E-state index is 12.4. The second-order valence-electron chi connectivity index (χ2n) is 4.75. The van der Waals surface area contributed by atoms with Gasteiger partial charge in [0.15, 0.2) is 0 Å². The van der Waals surface area contributed by atoms with Crippen molar-refractivity contribution in [2.45, 2.75) is 19.8 Å². The number of rotatable bonds is 3. The molecule has 0 radical (unpaired) electrons. The van der Waals surface area contributed by atoms with E-state index in [0.717, 1.165) is 10.5 Å². The minimum atomic E-state index is -0.614. The first kappa shape index (κ1) is 13.4. The number of hydroxylamine groups is 1. The van der Waals surface area contributed by atoms with Gasteiger partial charge in [0.05, 0.1) is 6.61 Å². The first-order valence-electron chi connectivity index (χ1n) is 6.89. The number of ether oxygens (including phenoxy) is 1. The quantitative estimate of drug-likeness (QED) is 0.621. The van der Waals surface area contributed by atoms with E-state index in [1.165, 1.54) is 0 Å². The summed E-state index contributed by atoms with van der Waals surface area (Å²) in [7, 11) is 0. The minimum Gasteiger partial charge on any atom is -0.819 e. The van der Waals surface area contributed by atoms with E-state index in [9.17, 15) is 9.90 Å². The smallest absolute Gasteiger partial charge is 0.417 e. The Hall–Kier alpha value is -2.56. The third-order valence-electron chi connectivity index (χ3n) is 3.38. The highest BCUT2D eigenvalue weighted by Gasteiger charge is 2.37. The average molecular weight is 285 g/mol. The zero-order valence-corrected chi connectivity index (χ0v) is 11.7. The van der Waals surface area contributed by atoms with Crippen molar-refractivity contribution in [2.24, 2.45) is 0 Å². The van der Waals surface area contributed by atoms with E-state index in [1.807, 2.05) is 13.0 Å². The summed E-state index contributed by atoms with van der Waals surface area (Å²) in [5, 5.41) is 12.4. The Bertz CT molecular complexity index is 671. The van der Waals surface area contributed by atoms with Crippen LogP contribution in [0.15, 0.2) is 48.1 Å². The highest BCUT2D eigenvalue weighted by Crippen LogP contribution is 2.26. The van der Waals surface area contributed by atoms with Crippen LogP contribution in [0.5, 0.6) is 0 Å². The van der Waals surface area contributed by atoms with E-state index < -0.39 is 11.9 Å². The Morgan fingerprint density at radius 3 is 2.76 bits per heavy atom. The molecule has 21 heavy (non-hydrogen) atoms. The van der Waals surface area contributed by atoms with Gasteiger partial charge in [-0.15, -0.1) is 0 Å². The second-order valence-corrected chi connectivity index (χ2v) is 4.75. The molecule has 0 N–H and O–H groups in total. The molecule has 5 nitrogen and oxygen atoms in total. The van der Waals surface area contributed by atoms with Crippen LogP contribution < -0.4 is 5.11 Å². The van der Waals surface area contributed by atoms with Gasteiger partial charge in [-0.2, -0.15) is 4.84 Å². The maximum atomic E-state index is 12.4. The number of carbonyl (C=O) groups excluding carboxylic acids is 1. The Balaban J connectivity index is 2.01. The number of hydrogen-bond acceptors (Lipinski definition) is 4. The largest absolute Gasteiger partial charge is 0.819 e. The van der Waals surface area contributed by atoms with Crippen molar-refractivity contribution in [1.82, 2.24) is 0 Å². The molecule has 1 aliphatic heterocycles. The molecule has 1 aromatic rings. The second kappa shape index (κ2) is 5.44. The molecule has 108 valence electrons. The molecule has 0 unspecified atom stereocenters. The molecule has 0 saturated carbocycles. The van der Waals surface area contributed by atoms with Gasteiger partial charge in [0.2, 0.25) is 11.6 Å². The van der Waals surface area contributed by atoms with Gasteiger partial charge in [-0.3, -0.25) is 0 Å². The van der Waals surface area contributed by atoms with Crippen molar-refractivity contribution in [1.29, 1.82) is 0 Å². The number of hydrogen-bond donors (Lipinski definition) is 0. The third-order valence-corrected chi connectivity index (χ3v) is 3.38. The van der Waals surface area contributed by atoms with Crippen LogP contribution in [0.4, 0.5) is 0 Å². The van der Waals surface area contributed by atoms with Crippen molar-refractivity contribution in [3.8, 4) is 0 Å². The zero-order chi connectivity index (χ0) is 14.8. The summed E-state index contributed by atoms with van der Waals surface area (Å²) in [6.07, 6.45) is 3.10. The van der Waals surface area contributed by atoms with Gasteiger partial charge in [-0.25, -0.2) is 4.79 Å². The fourth-order valence-electron chi connectivity index (χ4n) is 2.43. The number of benzene rings is 1. The summed E-state index contributed by atoms with van der Waals surface area (Å²) in [6, 6.07) is 8.83. The molecule has 0 amide bonds. The lowest BCUT2D eigenvalue weighted by molar-refractivity contribution is -0.773. The van der Waals surface area contributed by atoms with E-state index >= 15 is 0 Å². The number of nitrogens with zero attached hydrogens (tertiary/aromatic N) is 1. The molecule has 2 aliphatic rings. The SMILES string of the molecule is CCOC1=C/C(=[N+]2\OC(=O)C(c3ccccc3)=C2[O-])CC1. The lowest BCUT2D eigenvalue weighted by atomic mass is 10.1. The van der Waals surface area contributed by atoms with E-state index in [4.69, 9.17) is 9.57 Å². The van der Waals surface area contributed by atoms with Crippen molar-refractivity contribution >= 4 is 17.3 Å². The van der Waals surface area contributed by atoms with Crippen molar-refractivity contribution in [3.05, 3.63) is 53.6 Å². The molecule has 0 fully saturated rings. The first-order chi connectivity index (χ1) is 10.2. The Labute approximate surface area is 122 Å². The normalized spacial score (nSPS) is 21.6. The summed E-state index contributed by atoms with van der Waals surface area (Å²) in [5.74, 6) is -0.225. The Morgan fingerprint density at radius 2 is 2.05 bits per heavy atom. The third kappa shape index (κ3) is 2.42. The highest BCUT2D eigenvalue weighted by molar-refractivity contribution is 6.17. The molecule has 0 spiro atoms. The molecule has 0 aromatic heterocycles. The van der Waals surface area contributed by atoms with Crippen molar-refractivity contribution < 1.29 is 24.2 Å². The van der Waals surface area contributed by atoms with Crippen LogP contribution >= 0.6 is 0 Å². The molecule has 1 heterocycles. The van der Waals surface area contributed by atoms with Crippen LogP contribution in [0.2, 0.25) is 0 Å². The van der Waals surface area contributed by atoms with Gasteiger partial charge in [-0.1, -0.05) is 30.3 Å². The maximum Gasteiger partial charge on any atom is 0.417 e. The standard InChI is InChI=1S/C16H15NO4/c1-2-20-13-9-8-12(10-13)17-15(18)14(16(19)21-17)11-6-4-3-5-7-11/h3-7,10H,2,8-9H2,1H3/b17-12-. The van der Waals surface area contributed by atoms with Crippen molar-refractivity contribution in [2.75, 3.05) is 6.61 Å². The van der Waals surface area contributed by atoms with Crippen LogP contribution in [0.3, 0.4) is 0 Å². The average Bonchev–Trinajstić information content (AvgIpc) is 3.05. The fourth-order valence-corrected chi connectivity index (χ4v) is 2.43. The van der Waals surface area contributed by atoms with Crippen LogP contribution in [-0.4, -0.2) is 23.0 Å². The fraction of sp³-hybridized carbons (Fsp3) is 0.250. The molecule has 0 saturated heterocycles. The van der Waals surface area contributed by atoms with Crippen LogP contribution in [-0.2, 0) is 14.4 Å². The summed E-state index contributed by atoms with van der Waals surface area (Å²) >= 11 is 0. The van der Waals surface area contributed by atoms with E-state index in [2.05, 4.69) is 0 Å². The van der Waals surface area contributed by atoms with E-state index in [1.54, 1.807) is 30.3 Å². The number of allylic oxidation sites excluding steroid dienone is 2. The minimum absolute atomic E-state index is 0.0707. The van der Waals surface area contributed by atoms with E-state index in [-0.39, 0.29) is 5.57 Å². The van der Waals surface area contributed by atoms with Gasteiger partial charge in [0, 0.05) is 23.7 Å². The molecule has 0 atom stereocenters. The van der Waals surface area contributed by atoms with Gasteiger partial charge >= 0.3 is 5.97 Å².